The van der Waals surface area contributed by atoms with Crippen LogP contribution in [0, 0.1) is 0 Å². The second-order valence-electron chi connectivity index (χ2n) is 6.68. The Morgan fingerprint density at radius 3 is 2.48 bits per heavy atom. The molecule has 156 valence electrons. The van der Waals surface area contributed by atoms with E-state index in [1.165, 1.54) is 12.1 Å². The van der Waals surface area contributed by atoms with Crippen LogP contribution in [-0.4, -0.2) is 11.8 Å². The van der Waals surface area contributed by atoms with Gasteiger partial charge in [0.05, 0.1) is 5.02 Å². The van der Waals surface area contributed by atoms with Gasteiger partial charge in [0.25, 0.3) is 0 Å². The van der Waals surface area contributed by atoms with Gasteiger partial charge < -0.3 is 20.2 Å². The average Bonchev–Trinajstić information content (AvgIpc) is 3.09. The van der Waals surface area contributed by atoms with Gasteiger partial charge in [0.1, 0.15) is 23.6 Å². The van der Waals surface area contributed by atoms with Crippen LogP contribution in [0.3, 0.4) is 0 Å². The Balaban J connectivity index is 1.71. The third-order valence-electron chi connectivity index (χ3n) is 4.54. The Morgan fingerprint density at radius 1 is 1.00 bits per heavy atom. The van der Waals surface area contributed by atoms with Crippen LogP contribution >= 0.6 is 23.2 Å². The second-order valence-corrected chi connectivity index (χ2v) is 7.52. The molecule has 4 rings (SSSR count). The van der Waals surface area contributed by atoms with Crippen LogP contribution < -0.4 is 15.8 Å². The molecule has 0 spiro atoms. The Kier molecular flexibility index (Phi) is 5.84. The van der Waals surface area contributed by atoms with Crippen LogP contribution in [0.2, 0.25) is 10.0 Å². The molecule has 0 aliphatic heterocycles. The van der Waals surface area contributed by atoms with E-state index in [1.54, 1.807) is 24.3 Å². The molecule has 3 N–H and O–H groups in total. The number of rotatable bonds is 6. The van der Waals surface area contributed by atoms with E-state index in [0.29, 0.717) is 28.3 Å². The molecular weight excluding hydrogens is 439 g/mol. The Hall–Kier alpha value is -3.48. The number of anilines is 1. The van der Waals surface area contributed by atoms with Gasteiger partial charge in [-0.3, -0.25) is 4.79 Å². The molecule has 0 saturated heterocycles. The molecule has 0 aliphatic carbocycles. The minimum absolute atomic E-state index is 0.0989. The fourth-order valence-electron chi connectivity index (χ4n) is 3.11. The van der Waals surface area contributed by atoms with E-state index < -0.39 is 11.8 Å². The zero-order valence-corrected chi connectivity index (χ0v) is 17.5. The minimum atomic E-state index is -0.830. The number of ether oxygens (including phenoxy) is 1. The minimum Gasteiger partial charge on any atom is -0.489 e. The number of nitrogens with one attached hydrogen (secondary N) is 1. The van der Waals surface area contributed by atoms with Gasteiger partial charge in [0.2, 0.25) is 5.78 Å². The summed E-state index contributed by atoms with van der Waals surface area (Å²) in [5, 5.41) is 3.52. The van der Waals surface area contributed by atoms with Crippen LogP contribution in [-0.2, 0) is 6.61 Å². The molecule has 0 atom stereocenters. The van der Waals surface area contributed by atoms with E-state index in [9.17, 15) is 9.59 Å². The maximum absolute atomic E-state index is 13.1. The molecule has 1 heterocycles. The van der Waals surface area contributed by atoms with E-state index in [0.717, 1.165) is 5.56 Å². The quantitative estimate of drug-likeness (QED) is 0.347. The number of hydrogen-bond acceptors (Lipinski definition) is 4. The fraction of sp³-hybridized carbons (Fsp3) is 0.0435. The predicted molar refractivity (Wildman–Crippen MR) is 120 cm³/mol. The molecule has 8 heteroatoms. The lowest BCUT2D eigenvalue weighted by atomic mass is 10.1. The summed E-state index contributed by atoms with van der Waals surface area (Å²) in [6.45, 7) is 0.367. The summed E-state index contributed by atoms with van der Waals surface area (Å²) < 4.78 is 11.6. The van der Waals surface area contributed by atoms with Crippen molar-refractivity contribution in [2.45, 2.75) is 6.61 Å². The summed E-state index contributed by atoms with van der Waals surface area (Å²) in [7, 11) is 0. The number of fused-ring (bicyclic) bond motifs is 1. The lowest BCUT2D eigenvalue weighted by Gasteiger charge is -2.06. The number of halogens is 2. The van der Waals surface area contributed by atoms with Gasteiger partial charge in [-0.1, -0.05) is 53.5 Å². The maximum Gasteiger partial charge on any atom is 0.316 e. The first-order chi connectivity index (χ1) is 14.9. The molecular formula is C23H16Cl2N2O4. The van der Waals surface area contributed by atoms with Gasteiger partial charge in [-0.15, -0.1) is 0 Å². The molecule has 0 saturated carbocycles. The molecule has 1 aromatic heterocycles. The van der Waals surface area contributed by atoms with Crippen molar-refractivity contribution < 1.29 is 18.7 Å². The van der Waals surface area contributed by atoms with Gasteiger partial charge in [-0.05, 0) is 35.9 Å². The molecule has 0 aliphatic rings. The van der Waals surface area contributed by atoms with E-state index in [-0.39, 0.29) is 22.0 Å². The number of hydrogen-bond donors (Lipinski definition) is 2. The molecule has 2 amide bonds. The monoisotopic (exact) mass is 454 g/mol. The Morgan fingerprint density at radius 2 is 1.77 bits per heavy atom. The lowest BCUT2D eigenvalue weighted by Crippen LogP contribution is -2.20. The highest BCUT2D eigenvalue weighted by molar-refractivity contribution is 6.37. The zero-order valence-electron chi connectivity index (χ0n) is 16.0. The molecule has 31 heavy (non-hydrogen) atoms. The SMILES string of the molecule is NC(=O)Nc1c(C(=O)c2ccc(Cl)cc2Cl)oc2cc(OCc3ccccc3)ccc12. The summed E-state index contributed by atoms with van der Waals surface area (Å²) in [5.41, 5.74) is 7.00. The first kappa shape index (κ1) is 20.8. The van der Waals surface area contributed by atoms with Gasteiger partial charge in [0, 0.05) is 22.0 Å². The summed E-state index contributed by atoms with van der Waals surface area (Å²) in [4.78, 5) is 24.7. The number of urea groups is 1. The maximum atomic E-state index is 13.1. The van der Waals surface area contributed by atoms with Gasteiger partial charge in [-0.25, -0.2) is 4.79 Å². The van der Waals surface area contributed by atoms with Crippen molar-refractivity contribution in [1.82, 2.24) is 0 Å². The largest absolute Gasteiger partial charge is 0.489 e. The first-order valence-corrected chi connectivity index (χ1v) is 9.97. The standard InChI is InChI=1S/C23H16Cl2N2O4/c24-14-6-8-16(18(25)10-14)21(28)22-20(27-23(26)29)17-9-7-15(11-19(17)31-22)30-12-13-4-2-1-3-5-13/h1-11H,12H2,(H3,26,27,29). The lowest BCUT2D eigenvalue weighted by molar-refractivity contribution is 0.101. The van der Waals surface area contributed by atoms with Gasteiger partial charge in [0.15, 0.2) is 5.76 Å². The molecule has 0 fully saturated rings. The van der Waals surface area contributed by atoms with Crippen molar-refractivity contribution in [3.63, 3.8) is 0 Å². The van der Waals surface area contributed by atoms with Crippen molar-refractivity contribution in [2.24, 2.45) is 5.73 Å². The van der Waals surface area contributed by atoms with Crippen molar-refractivity contribution in [3.05, 3.63) is 93.7 Å². The number of amides is 2. The summed E-state index contributed by atoms with van der Waals surface area (Å²) in [6.07, 6.45) is 0. The zero-order chi connectivity index (χ0) is 22.0. The third-order valence-corrected chi connectivity index (χ3v) is 5.09. The highest BCUT2D eigenvalue weighted by Crippen LogP contribution is 2.36. The van der Waals surface area contributed by atoms with Crippen LogP contribution in [0.15, 0.2) is 71.1 Å². The number of furan rings is 1. The van der Waals surface area contributed by atoms with Gasteiger partial charge in [-0.2, -0.15) is 0 Å². The first-order valence-electron chi connectivity index (χ1n) is 9.22. The fourth-order valence-corrected chi connectivity index (χ4v) is 3.61. The molecule has 0 radical (unpaired) electrons. The topological polar surface area (TPSA) is 94.6 Å². The third kappa shape index (κ3) is 4.50. The van der Waals surface area contributed by atoms with Crippen molar-refractivity contribution in [1.29, 1.82) is 0 Å². The number of primary amides is 1. The number of carbonyl (C=O) groups excluding carboxylic acids is 2. The predicted octanol–water partition coefficient (Wildman–Crippen LogP) is 6.04. The highest BCUT2D eigenvalue weighted by Gasteiger charge is 2.25. The Labute approximate surface area is 187 Å². The van der Waals surface area contributed by atoms with E-state index >= 15 is 0 Å². The van der Waals surface area contributed by atoms with Crippen LogP contribution in [0.1, 0.15) is 21.7 Å². The van der Waals surface area contributed by atoms with E-state index in [4.69, 9.17) is 38.1 Å². The Bertz CT molecular complexity index is 1290. The highest BCUT2D eigenvalue weighted by atomic mass is 35.5. The number of ketones is 1. The van der Waals surface area contributed by atoms with Crippen LogP contribution in [0.4, 0.5) is 10.5 Å². The molecule has 0 bridgehead atoms. The molecule has 4 aromatic rings. The number of benzene rings is 3. The van der Waals surface area contributed by atoms with Crippen molar-refractivity contribution in [2.75, 3.05) is 5.32 Å². The molecule has 0 unspecified atom stereocenters. The summed E-state index contributed by atoms with van der Waals surface area (Å²) in [5.74, 6) is -0.0779. The van der Waals surface area contributed by atoms with Crippen LogP contribution in [0.5, 0.6) is 5.75 Å². The second kappa shape index (κ2) is 8.71. The van der Waals surface area contributed by atoms with Gasteiger partial charge >= 0.3 is 6.03 Å². The van der Waals surface area contributed by atoms with Crippen LogP contribution in [0.25, 0.3) is 11.0 Å². The normalized spacial score (nSPS) is 10.8. The molecule has 6 nitrogen and oxygen atoms in total. The summed E-state index contributed by atoms with van der Waals surface area (Å²) >= 11 is 12.1. The number of nitrogens with two attached hydrogens (primary N) is 1. The van der Waals surface area contributed by atoms with Crippen molar-refractivity contribution in [3.8, 4) is 5.75 Å². The van der Waals surface area contributed by atoms with E-state index in [2.05, 4.69) is 5.32 Å². The van der Waals surface area contributed by atoms with Crippen molar-refractivity contribution >= 4 is 51.7 Å². The molecule has 3 aromatic carbocycles. The summed E-state index contributed by atoms with van der Waals surface area (Å²) in [6, 6.07) is 18.4. The number of carbonyl (C=O) groups is 2. The smallest absolute Gasteiger partial charge is 0.316 e. The average molecular weight is 455 g/mol. The van der Waals surface area contributed by atoms with E-state index in [1.807, 2.05) is 30.3 Å².